The van der Waals surface area contributed by atoms with E-state index in [2.05, 4.69) is 13.8 Å². The summed E-state index contributed by atoms with van der Waals surface area (Å²) in [5.41, 5.74) is 0. The van der Waals surface area contributed by atoms with Crippen LogP contribution in [0.3, 0.4) is 0 Å². The van der Waals surface area contributed by atoms with Crippen LogP contribution in [0.2, 0.25) is 0 Å². The summed E-state index contributed by atoms with van der Waals surface area (Å²) in [5, 5.41) is 0. The Morgan fingerprint density at radius 2 is 1.17 bits per heavy atom. The molecule has 0 saturated heterocycles. The van der Waals surface area contributed by atoms with E-state index in [0.717, 1.165) is 0 Å². The van der Waals surface area contributed by atoms with Crippen molar-refractivity contribution in [2.24, 2.45) is 0 Å². The van der Waals surface area contributed by atoms with Crippen LogP contribution in [-0.4, -0.2) is 0 Å². The molecule has 0 N–H and O–H groups in total. The predicted molar refractivity (Wildman–Crippen MR) is 27.3 cm³/mol. The largest absolute Gasteiger partial charge is 0.0654 e. The molecule has 0 fully saturated rings. The van der Waals surface area contributed by atoms with Crippen LogP contribution in [0.25, 0.3) is 0 Å². The molecular weight excluding hydrogens is 80.0 g/mol. The highest BCUT2D eigenvalue weighted by atomic mass is 16.7. The molecular formula is C4H10O2. The lowest BCUT2D eigenvalue weighted by molar-refractivity contribution is 0.886. The fraction of sp³-hybridized carbons (Fsp3) is 1.00. The van der Waals surface area contributed by atoms with Gasteiger partial charge < -0.3 is 0 Å². The fourth-order valence-corrected chi connectivity index (χ4v) is 0. The van der Waals surface area contributed by atoms with Crippen LogP contribution in [0, 0.1) is 9.93 Å². The highest BCUT2D eigenvalue weighted by molar-refractivity contribution is 4.12. The lowest BCUT2D eigenvalue weighted by atomic mass is 10.4. The van der Waals surface area contributed by atoms with Crippen LogP contribution >= 0.6 is 0 Å². The average molecular weight is 90.1 g/mol. The van der Waals surface area contributed by atoms with Gasteiger partial charge in [-0.2, -0.15) is 0 Å². The molecule has 0 amide bonds. The number of rotatable bonds is 1. The molecule has 0 aromatic heterocycles. The van der Waals surface area contributed by atoms with Crippen molar-refractivity contribution in [2.75, 3.05) is 0 Å². The SMILES string of the molecule is CCCC.O=O. The topological polar surface area (TPSA) is 34.1 Å². The van der Waals surface area contributed by atoms with Crippen molar-refractivity contribution in [1.29, 1.82) is 0 Å². The molecule has 0 atom stereocenters. The summed E-state index contributed by atoms with van der Waals surface area (Å²) in [4.78, 5) is 14.0. The molecule has 0 aromatic carbocycles. The second-order valence-corrected chi connectivity index (χ2v) is 1.000. The lowest BCUT2D eigenvalue weighted by Gasteiger charge is -1.68. The maximum absolute atomic E-state index is 7.00. The minimum atomic E-state index is 1.32. The van der Waals surface area contributed by atoms with E-state index in [9.17, 15) is 0 Å². The van der Waals surface area contributed by atoms with E-state index in [-0.39, 0.29) is 0 Å². The van der Waals surface area contributed by atoms with Crippen LogP contribution in [0.1, 0.15) is 26.7 Å². The molecule has 0 heterocycles. The normalized spacial score (nSPS) is 5.67. The molecule has 0 aromatic rings. The average Bonchev–Trinajstić information content (AvgIpc) is 1.72. The van der Waals surface area contributed by atoms with Gasteiger partial charge in [0.25, 0.3) is 0 Å². The third-order valence-electron chi connectivity index (χ3n) is 0.500. The third-order valence-corrected chi connectivity index (χ3v) is 0.500. The number of hydrogen-bond acceptors (Lipinski definition) is 2. The summed E-state index contributed by atoms with van der Waals surface area (Å²) in [7, 11) is 0. The Hall–Kier alpha value is -0.400. The zero-order chi connectivity index (χ0) is 5.41. The molecule has 0 spiro atoms. The Balaban J connectivity index is 0. The van der Waals surface area contributed by atoms with E-state index in [1.165, 1.54) is 12.8 Å². The monoisotopic (exact) mass is 90.1 g/mol. The molecule has 0 bridgehead atoms. The van der Waals surface area contributed by atoms with Gasteiger partial charge >= 0.3 is 0 Å². The molecule has 0 radical (unpaired) electrons. The van der Waals surface area contributed by atoms with E-state index in [1.807, 2.05) is 0 Å². The van der Waals surface area contributed by atoms with E-state index >= 15 is 0 Å². The van der Waals surface area contributed by atoms with Gasteiger partial charge in [0.15, 0.2) is 0 Å². The first-order valence-electron chi connectivity index (χ1n) is 2.08. The van der Waals surface area contributed by atoms with Gasteiger partial charge in [0.1, 0.15) is 0 Å². The quantitative estimate of drug-likeness (QED) is 0.492. The van der Waals surface area contributed by atoms with E-state index < -0.39 is 0 Å². The summed E-state index contributed by atoms with van der Waals surface area (Å²) in [6.07, 6.45) is 2.64. The van der Waals surface area contributed by atoms with Crippen molar-refractivity contribution in [3.05, 3.63) is 9.93 Å². The van der Waals surface area contributed by atoms with Crippen molar-refractivity contribution in [2.45, 2.75) is 26.7 Å². The van der Waals surface area contributed by atoms with Crippen LogP contribution in [0.15, 0.2) is 0 Å². The molecule has 2 heteroatoms. The van der Waals surface area contributed by atoms with Crippen LogP contribution < -0.4 is 0 Å². The molecule has 2 nitrogen and oxygen atoms in total. The standard InChI is InChI=1S/C4H10.O2/c1-3-4-2;1-2/h3-4H2,1-2H3;. The van der Waals surface area contributed by atoms with Gasteiger partial charge in [-0.15, -0.1) is 0 Å². The first-order valence-corrected chi connectivity index (χ1v) is 2.08. The van der Waals surface area contributed by atoms with Gasteiger partial charge in [0, 0.05) is 9.93 Å². The van der Waals surface area contributed by atoms with Crippen LogP contribution in [-0.2, 0) is 0 Å². The maximum atomic E-state index is 7.00. The highest BCUT2D eigenvalue weighted by Crippen LogP contribution is 1.76. The Labute approximate surface area is 37.8 Å². The van der Waals surface area contributed by atoms with Crippen molar-refractivity contribution in [3.8, 4) is 0 Å². The van der Waals surface area contributed by atoms with E-state index in [1.54, 1.807) is 0 Å². The van der Waals surface area contributed by atoms with Gasteiger partial charge in [-0.25, -0.2) is 0 Å². The molecule has 0 aliphatic rings. The minimum absolute atomic E-state index is 1.32. The van der Waals surface area contributed by atoms with Gasteiger partial charge in [-0.1, -0.05) is 26.7 Å². The number of hydrogen-bond donors (Lipinski definition) is 0. The van der Waals surface area contributed by atoms with E-state index in [0.29, 0.717) is 0 Å². The Kier molecular flexibility index (Phi) is 35.5. The Morgan fingerprint density at radius 3 is 1.17 bits per heavy atom. The van der Waals surface area contributed by atoms with Gasteiger partial charge in [0.2, 0.25) is 0 Å². The Bertz CT molecular complexity index is 13.0. The van der Waals surface area contributed by atoms with Gasteiger partial charge in [-0.3, -0.25) is 0 Å². The van der Waals surface area contributed by atoms with Crippen molar-refractivity contribution >= 4 is 0 Å². The third kappa shape index (κ3) is 67.6. The maximum Gasteiger partial charge on any atom is 0 e. The fourth-order valence-electron chi connectivity index (χ4n) is 0. The Morgan fingerprint density at radius 1 is 1.00 bits per heavy atom. The molecule has 6 heavy (non-hydrogen) atoms. The first kappa shape index (κ1) is 9.14. The van der Waals surface area contributed by atoms with Crippen molar-refractivity contribution in [1.82, 2.24) is 0 Å². The summed E-state index contributed by atoms with van der Waals surface area (Å²) >= 11 is 0. The van der Waals surface area contributed by atoms with Gasteiger partial charge in [-0.05, 0) is 0 Å². The van der Waals surface area contributed by atoms with E-state index in [4.69, 9.17) is 9.93 Å². The first-order chi connectivity index (χ1) is 2.91. The van der Waals surface area contributed by atoms with Crippen LogP contribution in [0.5, 0.6) is 0 Å². The minimum Gasteiger partial charge on any atom is -0.0654 e. The molecule has 0 unspecified atom stereocenters. The summed E-state index contributed by atoms with van der Waals surface area (Å²) in [6.45, 7) is 4.36. The summed E-state index contributed by atoms with van der Waals surface area (Å²) in [6, 6.07) is 0. The molecule has 38 valence electrons. The lowest BCUT2D eigenvalue weighted by Crippen LogP contribution is -1.47. The van der Waals surface area contributed by atoms with Gasteiger partial charge in [0.05, 0.1) is 0 Å². The second-order valence-electron chi connectivity index (χ2n) is 1.000. The molecule has 0 saturated carbocycles. The number of unbranched alkanes of at least 4 members (excludes halogenated alkanes) is 1. The second kappa shape index (κ2) is 23.3. The van der Waals surface area contributed by atoms with Crippen molar-refractivity contribution < 1.29 is 0 Å². The summed E-state index contributed by atoms with van der Waals surface area (Å²) < 4.78 is 0. The summed E-state index contributed by atoms with van der Waals surface area (Å²) in [5.74, 6) is 0. The zero-order valence-electron chi connectivity index (χ0n) is 4.23. The van der Waals surface area contributed by atoms with Crippen LogP contribution in [0.4, 0.5) is 0 Å². The smallest absolute Gasteiger partial charge is 0 e. The molecule has 0 rings (SSSR count). The predicted octanol–water partition coefficient (Wildman–Crippen LogP) is 1.87. The van der Waals surface area contributed by atoms with Crippen molar-refractivity contribution in [3.63, 3.8) is 0 Å². The molecule has 0 aliphatic carbocycles. The zero-order valence-corrected chi connectivity index (χ0v) is 4.23. The molecule has 0 aliphatic heterocycles. The highest BCUT2D eigenvalue weighted by Gasteiger charge is 1.56.